The Labute approximate surface area is 184 Å². The van der Waals surface area contributed by atoms with E-state index in [4.69, 9.17) is 4.98 Å². The van der Waals surface area contributed by atoms with Crippen molar-refractivity contribution < 1.29 is 4.79 Å². The standard InChI is InChI=1S/C23H29N3OS.ClH/c1-6-25(7-2)12-13-26(22(27)19-10-8-16(3)9-11-19)23-24-20-15-17(4)14-18(5)21(20)28-23;/h8-11,14-15H,6-7,12-13H2,1-5H3;1H. The summed E-state index contributed by atoms with van der Waals surface area (Å²) in [6.07, 6.45) is 0. The topological polar surface area (TPSA) is 36.4 Å². The summed E-state index contributed by atoms with van der Waals surface area (Å²) in [5.41, 5.74) is 5.24. The molecule has 0 bridgehead atoms. The summed E-state index contributed by atoms with van der Waals surface area (Å²) in [5.74, 6) is 0.0144. The van der Waals surface area contributed by atoms with Crippen LogP contribution in [-0.2, 0) is 0 Å². The Bertz CT molecular complexity index is 964. The number of fused-ring (bicyclic) bond motifs is 1. The van der Waals surface area contributed by atoms with Crippen LogP contribution in [0.1, 0.15) is 40.9 Å². The number of aryl methyl sites for hydroxylation is 3. The monoisotopic (exact) mass is 431 g/mol. The first-order chi connectivity index (χ1) is 13.4. The van der Waals surface area contributed by atoms with Crippen LogP contribution in [-0.4, -0.2) is 42.0 Å². The number of likely N-dealkylation sites (N-methyl/N-ethyl adjacent to an activating group) is 1. The summed E-state index contributed by atoms with van der Waals surface area (Å²) < 4.78 is 1.16. The predicted octanol–water partition coefficient (Wildman–Crippen LogP) is 5.63. The van der Waals surface area contributed by atoms with E-state index >= 15 is 0 Å². The molecule has 0 saturated carbocycles. The molecule has 0 fully saturated rings. The van der Waals surface area contributed by atoms with Crippen molar-refractivity contribution in [2.24, 2.45) is 0 Å². The van der Waals surface area contributed by atoms with E-state index in [-0.39, 0.29) is 18.3 Å². The lowest BCUT2D eigenvalue weighted by Crippen LogP contribution is -2.38. The summed E-state index contributed by atoms with van der Waals surface area (Å²) in [6, 6.07) is 12.1. The molecular formula is C23H30ClN3OS. The number of hydrogen-bond acceptors (Lipinski definition) is 4. The third-order valence-corrected chi connectivity index (χ3v) is 6.35. The van der Waals surface area contributed by atoms with Crippen molar-refractivity contribution in [2.45, 2.75) is 34.6 Å². The number of rotatable bonds is 7. The molecule has 1 heterocycles. The first kappa shape index (κ1) is 23.3. The maximum absolute atomic E-state index is 13.3. The molecular weight excluding hydrogens is 402 g/mol. The molecule has 29 heavy (non-hydrogen) atoms. The largest absolute Gasteiger partial charge is 0.302 e. The van der Waals surface area contributed by atoms with Crippen LogP contribution < -0.4 is 4.90 Å². The van der Waals surface area contributed by atoms with Crippen molar-refractivity contribution in [1.82, 2.24) is 9.88 Å². The van der Waals surface area contributed by atoms with Crippen molar-refractivity contribution in [3.63, 3.8) is 0 Å². The molecule has 0 aliphatic carbocycles. The first-order valence-corrected chi connectivity index (χ1v) is 10.7. The fourth-order valence-electron chi connectivity index (χ4n) is 3.40. The normalized spacial score (nSPS) is 11.0. The highest BCUT2D eigenvalue weighted by molar-refractivity contribution is 7.22. The molecule has 3 aromatic rings. The van der Waals surface area contributed by atoms with Crippen molar-refractivity contribution >= 4 is 45.0 Å². The van der Waals surface area contributed by atoms with Crippen molar-refractivity contribution in [2.75, 3.05) is 31.1 Å². The number of nitrogens with zero attached hydrogens (tertiary/aromatic N) is 3. The van der Waals surface area contributed by atoms with Gasteiger partial charge in [0.05, 0.1) is 10.2 Å². The SMILES string of the molecule is CCN(CC)CCN(C(=O)c1ccc(C)cc1)c1nc2cc(C)cc(C)c2s1.Cl. The van der Waals surface area contributed by atoms with E-state index in [1.165, 1.54) is 11.1 Å². The summed E-state index contributed by atoms with van der Waals surface area (Å²) in [6.45, 7) is 13.9. The highest BCUT2D eigenvalue weighted by atomic mass is 35.5. The van der Waals surface area contributed by atoms with Gasteiger partial charge >= 0.3 is 0 Å². The van der Waals surface area contributed by atoms with Crippen LogP contribution >= 0.6 is 23.7 Å². The van der Waals surface area contributed by atoms with Crippen LogP contribution in [0, 0.1) is 20.8 Å². The van der Waals surface area contributed by atoms with Gasteiger partial charge in [0.2, 0.25) is 0 Å². The van der Waals surface area contributed by atoms with E-state index in [0.29, 0.717) is 12.1 Å². The molecule has 0 unspecified atom stereocenters. The van der Waals surface area contributed by atoms with Crippen molar-refractivity contribution in [3.05, 3.63) is 58.7 Å². The van der Waals surface area contributed by atoms with Gasteiger partial charge in [0.25, 0.3) is 5.91 Å². The quantitative estimate of drug-likeness (QED) is 0.486. The highest BCUT2D eigenvalue weighted by Crippen LogP contribution is 2.32. The predicted molar refractivity (Wildman–Crippen MR) is 127 cm³/mol. The van der Waals surface area contributed by atoms with E-state index in [1.807, 2.05) is 36.1 Å². The molecule has 0 aliphatic rings. The maximum Gasteiger partial charge on any atom is 0.260 e. The van der Waals surface area contributed by atoms with Gasteiger partial charge in [-0.15, -0.1) is 12.4 Å². The van der Waals surface area contributed by atoms with Gasteiger partial charge in [-0.2, -0.15) is 0 Å². The second kappa shape index (κ2) is 10.2. The van der Waals surface area contributed by atoms with Crippen molar-refractivity contribution in [3.8, 4) is 0 Å². The van der Waals surface area contributed by atoms with E-state index < -0.39 is 0 Å². The van der Waals surface area contributed by atoms with Crippen LogP contribution in [0.25, 0.3) is 10.2 Å². The van der Waals surface area contributed by atoms with Crippen LogP contribution in [0.3, 0.4) is 0 Å². The molecule has 0 saturated heterocycles. The Morgan fingerprint density at radius 3 is 2.24 bits per heavy atom. The number of benzene rings is 2. The zero-order valence-electron chi connectivity index (χ0n) is 17.9. The molecule has 0 N–H and O–H groups in total. The first-order valence-electron chi connectivity index (χ1n) is 9.91. The number of carbonyl (C=O) groups is 1. The van der Waals surface area contributed by atoms with Gasteiger partial charge in [-0.25, -0.2) is 4.98 Å². The number of amides is 1. The molecule has 0 aliphatic heterocycles. The van der Waals surface area contributed by atoms with Crippen LogP contribution in [0.5, 0.6) is 0 Å². The van der Waals surface area contributed by atoms with Crippen LogP contribution in [0.2, 0.25) is 0 Å². The summed E-state index contributed by atoms with van der Waals surface area (Å²) in [4.78, 5) is 22.4. The molecule has 0 atom stereocenters. The average molecular weight is 432 g/mol. The third-order valence-electron chi connectivity index (χ3n) is 5.12. The minimum atomic E-state index is 0. The fraction of sp³-hybridized carbons (Fsp3) is 0.391. The lowest BCUT2D eigenvalue weighted by Gasteiger charge is -2.24. The van der Waals surface area contributed by atoms with Gasteiger partial charge in [0.15, 0.2) is 5.13 Å². The van der Waals surface area contributed by atoms with Gasteiger partial charge < -0.3 is 4.90 Å². The van der Waals surface area contributed by atoms with E-state index in [1.54, 1.807) is 11.3 Å². The number of halogens is 1. The maximum atomic E-state index is 13.3. The van der Waals surface area contributed by atoms with Crippen LogP contribution in [0.15, 0.2) is 36.4 Å². The lowest BCUT2D eigenvalue weighted by molar-refractivity contribution is 0.0984. The number of thiazole rings is 1. The molecule has 3 rings (SSSR count). The van der Waals surface area contributed by atoms with Gasteiger partial charge in [-0.05, 0) is 63.2 Å². The van der Waals surface area contributed by atoms with Crippen LogP contribution in [0.4, 0.5) is 5.13 Å². The van der Waals surface area contributed by atoms with Crippen molar-refractivity contribution in [1.29, 1.82) is 0 Å². The molecule has 2 aromatic carbocycles. The Hall–Kier alpha value is -1.95. The molecule has 6 heteroatoms. The number of anilines is 1. The zero-order chi connectivity index (χ0) is 20.3. The van der Waals surface area contributed by atoms with E-state index in [0.717, 1.165) is 40.5 Å². The van der Waals surface area contributed by atoms with E-state index in [2.05, 4.69) is 44.7 Å². The Morgan fingerprint density at radius 2 is 1.62 bits per heavy atom. The minimum Gasteiger partial charge on any atom is -0.302 e. The Kier molecular flexibility index (Phi) is 8.20. The Morgan fingerprint density at radius 1 is 0.966 bits per heavy atom. The lowest BCUT2D eigenvalue weighted by atomic mass is 10.1. The third kappa shape index (κ3) is 5.35. The van der Waals surface area contributed by atoms with E-state index in [9.17, 15) is 4.79 Å². The number of carbonyl (C=O) groups excluding carboxylic acids is 1. The highest BCUT2D eigenvalue weighted by Gasteiger charge is 2.22. The summed E-state index contributed by atoms with van der Waals surface area (Å²) >= 11 is 1.61. The second-order valence-electron chi connectivity index (χ2n) is 7.28. The zero-order valence-corrected chi connectivity index (χ0v) is 19.5. The van der Waals surface area contributed by atoms with Gasteiger partial charge in [-0.1, -0.05) is 48.9 Å². The molecule has 156 valence electrons. The molecule has 1 amide bonds. The van der Waals surface area contributed by atoms with Gasteiger partial charge in [-0.3, -0.25) is 9.69 Å². The smallest absolute Gasteiger partial charge is 0.260 e. The molecule has 0 spiro atoms. The van der Waals surface area contributed by atoms with Gasteiger partial charge in [0.1, 0.15) is 0 Å². The second-order valence-corrected chi connectivity index (χ2v) is 8.25. The molecule has 0 radical (unpaired) electrons. The minimum absolute atomic E-state index is 0. The number of hydrogen-bond donors (Lipinski definition) is 0. The molecule has 1 aromatic heterocycles. The summed E-state index contributed by atoms with van der Waals surface area (Å²) in [7, 11) is 0. The number of aromatic nitrogens is 1. The fourth-order valence-corrected chi connectivity index (χ4v) is 4.44. The molecule has 4 nitrogen and oxygen atoms in total. The average Bonchev–Trinajstić information content (AvgIpc) is 3.09. The Balaban J connectivity index is 0.00000300. The van der Waals surface area contributed by atoms with Gasteiger partial charge in [0, 0.05) is 18.7 Å². The summed E-state index contributed by atoms with van der Waals surface area (Å²) in [5, 5.41) is 0.779.